The van der Waals surface area contributed by atoms with Crippen LogP contribution in [0.25, 0.3) is 0 Å². The van der Waals surface area contributed by atoms with Gasteiger partial charge in [-0.1, -0.05) is 24.6 Å². The number of nitrogens with zero attached hydrogens (tertiary/aromatic N) is 1. The van der Waals surface area contributed by atoms with E-state index in [0.717, 1.165) is 0 Å². The molecule has 4 nitrogen and oxygen atoms in total. The molecule has 1 fully saturated rings. The van der Waals surface area contributed by atoms with Crippen LogP contribution in [0.2, 0.25) is 0 Å². The Hall–Kier alpha value is -0.730. The molecule has 1 aliphatic rings. The molecular weight excluding hydrogens is 317 g/mol. The fraction of sp³-hybridized carbons (Fsp3) is 0.636. The van der Waals surface area contributed by atoms with Crippen molar-refractivity contribution >= 4 is 21.6 Å². The Balaban J connectivity index is 3.19. The van der Waals surface area contributed by atoms with Gasteiger partial charge in [-0.05, 0) is 13.3 Å². The summed E-state index contributed by atoms with van der Waals surface area (Å²) in [5.41, 5.74) is -4.36. The first kappa shape index (κ1) is 17.3. The van der Waals surface area contributed by atoms with Crippen LogP contribution in [0.3, 0.4) is 0 Å². The lowest BCUT2D eigenvalue weighted by atomic mass is 10.1. The zero-order valence-corrected chi connectivity index (χ0v) is 12.7. The van der Waals surface area contributed by atoms with Crippen molar-refractivity contribution in [2.45, 2.75) is 25.8 Å². The van der Waals surface area contributed by atoms with Gasteiger partial charge in [0.25, 0.3) is 0 Å². The molecule has 0 spiro atoms. The van der Waals surface area contributed by atoms with Gasteiger partial charge in [-0.3, -0.25) is 0 Å². The Labute approximate surface area is 121 Å². The standard InChI is InChI=1S/C11H16ClF3N2O2S/c1-3-4-10-9(8(2)12)7-17(6-5-16-10)20(18,19)11(13,14)15/h4,16H,3,5-7H2,1-2H3/b9-8+,10-4+. The van der Waals surface area contributed by atoms with Crippen molar-refractivity contribution < 1.29 is 21.6 Å². The summed E-state index contributed by atoms with van der Waals surface area (Å²) >= 11 is 5.89. The van der Waals surface area contributed by atoms with Crippen molar-refractivity contribution in [3.63, 3.8) is 0 Å². The van der Waals surface area contributed by atoms with Gasteiger partial charge in [0.2, 0.25) is 0 Å². The van der Waals surface area contributed by atoms with Crippen LogP contribution >= 0.6 is 11.6 Å². The van der Waals surface area contributed by atoms with Gasteiger partial charge in [0.15, 0.2) is 0 Å². The minimum atomic E-state index is -5.35. The topological polar surface area (TPSA) is 49.4 Å². The van der Waals surface area contributed by atoms with Crippen LogP contribution in [0.1, 0.15) is 20.3 Å². The van der Waals surface area contributed by atoms with Crippen LogP contribution in [-0.4, -0.2) is 37.9 Å². The van der Waals surface area contributed by atoms with E-state index in [1.54, 1.807) is 6.08 Å². The summed E-state index contributed by atoms with van der Waals surface area (Å²) in [6, 6.07) is 0. The van der Waals surface area contributed by atoms with Crippen molar-refractivity contribution in [1.82, 2.24) is 9.62 Å². The van der Waals surface area contributed by atoms with Crippen LogP contribution < -0.4 is 5.32 Å². The maximum absolute atomic E-state index is 12.6. The smallest absolute Gasteiger partial charge is 0.384 e. The molecule has 0 aliphatic carbocycles. The average Bonchev–Trinajstić information content (AvgIpc) is 2.51. The maximum atomic E-state index is 12.6. The van der Waals surface area contributed by atoms with Crippen LogP contribution in [0, 0.1) is 0 Å². The SMILES string of the molecule is CC/C=C1/NCCN(S(=O)(=O)C(F)(F)F)C/C1=C(/C)Cl. The number of nitrogens with one attached hydrogen (secondary N) is 1. The van der Waals surface area contributed by atoms with Crippen molar-refractivity contribution in [2.24, 2.45) is 0 Å². The van der Waals surface area contributed by atoms with Crippen LogP contribution in [0.15, 0.2) is 22.4 Å². The molecule has 0 amide bonds. The predicted molar refractivity (Wildman–Crippen MR) is 71.5 cm³/mol. The van der Waals surface area contributed by atoms with Crippen molar-refractivity contribution in [3.8, 4) is 0 Å². The van der Waals surface area contributed by atoms with Gasteiger partial charge < -0.3 is 5.32 Å². The quantitative estimate of drug-likeness (QED) is 0.845. The highest BCUT2D eigenvalue weighted by Gasteiger charge is 2.50. The average molecular weight is 333 g/mol. The highest BCUT2D eigenvalue weighted by Crippen LogP contribution is 2.29. The lowest BCUT2D eigenvalue weighted by Crippen LogP contribution is -2.42. The highest BCUT2D eigenvalue weighted by molar-refractivity contribution is 7.90. The monoisotopic (exact) mass is 332 g/mol. The summed E-state index contributed by atoms with van der Waals surface area (Å²) < 4.78 is 61.2. The van der Waals surface area contributed by atoms with Gasteiger partial charge in [-0.25, -0.2) is 8.42 Å². The molecule has 1 N–H and O–H groups in total. The molecule has 0 radical (unpaired) electrons. The van der Waals surface area contributed by atoms with Crippen molar-refractivity contribution in [1.29, 1.82) is 0 Å². The molecule has 0 aromatic heterocycles. The van der Waals surface area contributed by atoms with Gasteiger partial charge in [0.1, 0.15) is 0 Å². The Morgan fingerprint density at radius 2 is 2.10 bits per heavy atom. The maximum Gasteiger partial charge on any atom is 0.511 e. The van der Waals surface area contributed by atoms with Crippen molar-refractivity contribution in [3.05, 3.63) is 22.4 Å². The summed E-state index contributed by atoms with van der Waals surface area (Å²) in [4.78, 5) is 0. The lowest BCUT2D eigenvalue weighted by molar-refractivity contribution is -0.0485. The molecule has 0 aromatic rings. The van der Waals surface area contributed by atoms with Gasteiger partial charge in [-0.15, -0.1) is 0 Å². The van der Waals surface area contributed by atoms with E-state index < -0.39 is 22.1 Å². The second-order valence-electron chi connectivity index (χ2n) is 4.25. The fourth-order valence-electron chi connectivity index (χ4n) is 1.81. The number of hydrogen-bond acceptors (Lipinski definition) is 3. The van der Waals surface area contributed by atoms with E-state index >= 15 is 0 Å². The second kappa shape index (κ2) is 6.36. The Morgan fingerprint density at radius 3 is 2.55 bits per heavy atom. The minimum Gasteiger partial charge on any atom is -0.384 e. The van der Waals surface area contributed by atoms with E-state index in [1.165, 1.54) is 6.92 Å². The van der Waals surface area contributed by atoms with E-state index in [-0.39, 0.29) is 18.1 Å². The fourth-order valence-corrected chi connectivity index (χ4v) is 2.89. The van der Waals surface area contributed by atoms with E-state index in [9.17, 15) is 21.6 Å². The van der Waals surface area contributed by atoms with Crippen LogP contribution in [0.4, 0.5) is 13.2 Å². The molecular formula is C11H16ClF3N2O2S. The highest BCUT2D eigenvalue weighted by atomic mass is 35.5. The van der Waals surface area contributed by atoms with Gasteiger partial charge in [-0.2, -0.15) is 17.5 Å². The van der Waals surface area contributed by atoms with Gasteiger partial charge in [0, 0.05) is 35.9 Å². The summed E-state index contributed by atoms with van der Waals surface area (Å²) in [5, 5.41) is 3.18. The largest absolute Gasteiger partial charge is 0.511 e. The molecule has 9 heteroatoms. The third kappa shape index (κ3) is 3.67. The molecule has 0 atom stereocenters. The first-order chi connectivity index (χ1) is 9.11. The second-order valence-corrected chi connectivity index (χ2v) is 6.75. The first-order valence-electron chi connectivity index (χ1n) is 5.97. The molecule has 1 aliphatic heterocycles. The van der Waals surface area contributed by atoms with Crippen LogP contribution in [-0.2, 0) is 10.0 Å². The van der Waals surface area contributed by atoms with Gasteiger partial charge in [0.05, 0.1) is 0 Å². The molecule has 116 valence electrons. The number of rotatable bonds is 2. The molecule has 1 saturated heterocycles. The Bertz CT molecular complexity index is 522. The van der Waals surface area contributed by atoms with E-state index in [4.69, 9.17) is 11.6 Å². The molecule has 1 rings (SSSR count). The molecule has 1 heterocycles. The third-order valence-corrected chi connectivity index (χ3v) is 4.60. The minimum absolute atomic E-state index is 0.0921. The molecule has 0 bridgehead atoms. The number of alkyl halides is 3. The lowest BCUT2D eigenvalue weighted by Gasteiger charge is -2.21. The summed E-state index contributed by atoms with van der Waals surface area (Å²) in [5.74, 6) is 0. The van der Waals surface area contributed by atoms with Crippen LogP contribution in [0.5, 0.6) is 0 Å². The van der Waals surface area contributed by atoms with E-state index in [2.05, 4.69) is 5.32 Å². The first-order valence-corrected chi connectivity index (χ1v) is 7.79. The Morgan fingerprint density at radius 1 is 1.50 bits per heavy atom. The van der Waals surface area contributed by atoms with E-state index in [1.807, 2.05) is 6.92 Å². The third-order valence-electron chi connectivity index (χ3n) is 2.79. The van der Waals surface area contributed by atoms with Crippen molar-refractivity contribution in [2.75, 3.05) is 19.6 Å². The zero-order valence-electron chi connectivity index (χ0n) is 11.1. The number of sulfonamides is 1. The normalized spacial score (nSPS) is 23.4. The molecule has 20 heavy (non-hydrogen) atoms. The molecule has 0 aromatic carbocycles. The summed E-state index contributed by atoms with van der Waals surface area (Å²) in [6.45, 7) is 2.82. The zero-order chi connectivity index (χ0) is 15.6. The molecule has 0 saturated carbocycles. The predicted octanol–water partition coefficient (Wildman–Crippen LogP) is 2.55. The number of hydrogen-bond donors (Lipinski definition) is 1. The number of allylic oxidation sites excluding steroid dienone is 2. The number of halogens is 4. The van der Waals surface area contributed by atoms with E-state index in [0.29, 0.717) is 22.0 Å². The molecule has 0 unspecified atom stereocenters. The summed E-state index contributed by atoms with van der Waals surface area (Å²) in [6.07, 6.45) is 2.42. The summed E-state index contributed by atoms with van der Waals surface area (Å²) in [7, 11) is -5.35. The Kier molecular flexibility index (Phi) is 5.51. The van der Waals surface area contributed by atoms with Gasteiger partial charge >= 0.3 is 15.5 Å².